The zero-order valence-corrected chi connectivity index (χ0v) is 27.5. The van der Waals surface area contributed by atoms with Crippen molar-refractivity contribution >= 4 is 34.3 Å². The van der Waals surface area contributed by atoms with Crippen molar-refractivity contribution in [1.29, 1.82) is 0 Å². The molecule has 2 aromatic carbocycles. The molecule has 0 bridgehead atoms. The summed E-state index contributed by atoms with van der Waals surface area (Å²) in [5, 5.41) is 0.103. The Balaban J connectivity index is 1.94. The second kappa shape index (κ2) is 11.8. The van der Waals surface area contributed by atoms with Crippen molar-refractivity contribution in [1.82, 2.24) is 4.31 Å². The first-order valence-corrected chi connectivity index (χ1v) is 18.3. The minimum Gasteiger partial charge on any atom is -0.411 e. The third-order valence-electron chi connectivity index (χ3n) is 7.50. The summed E-state index contributed by atoms with van der Waals surface area (Å²) < 4.78 is 36.9. The highest BCUT2D eigenvalue weighted by Gasteiger charge is 2.41. The molecule has 0 fully saturated rings. The van der Waals surface area contributed by atoms with E-state index in [1.54, 1.807) is 12.1 Å². The van der Waals surface area contributed by atoms with E-state index in [2.05, 4.69) is 81.6 Å². The Kier molecular flexibility index (Phi) is 9.59. The standard InChI is InChI=1S/C31H42BrNO3SSi/c1-24-11-17-29(18-12-24)37(34,35)33(19-9-10-25-13-15-27(32)16-14-25)23-26-20-28(22-31(5,6)21-26)36-38(7,8)30(2,3)4/h11-18,20,28H,19,21-23H2,1-8H3. The summed E-state index contributed by atoms with van der Waals surface area (Å²) in [5.74, 6) is 6.25. The van der Waals surface area contributed by atoms with Crippen molar-refractivity contribution in [3.8, 4) is 11.8 Å². The van der Waals surface area contributed by atoms with Gasteiger partial charge in [-0.25, -0.2) is 8.42 Å². The first-order chi connectivity index (χ1) is 17.5. The van der Waals surface area contributed by atoms with Crippen molar-refractivity contribution < 1.29 is 12.8 Å². The lowest BCUT2D eigenvalue weighted by Gasteiger charge is -2.43. The maximum atomic E-state index is 13.8. The number of rotatable bonds is 7. The Labute approximate surface area is 240 Å². The molecule has 1 aliphatic rings. The van der Waals surface area contributed by atoms with Gasteiger partial charge in [-0.1, -0.05) is 91.7 Å². The second-order valence-electron chi connectivity index (χ2n) is 12.7. The van der Waals surface area contributed by atoms with E-state index in [0.717, 1.165) is 34.0 Å². The van der Waals surface area contributed by atoms with E-state index in [-0.39, 0.29) is 23.1 Å². The van der Waals surface area contributed by atoms with Gasteiger partial charge in [-0.2, -0.15) is 4.31 Å². The molecule has 0 heterocycles. The van der Waals surface area contributed by atoms with Gasteiger partial charge in [0.1, 0.15) is 0 Å². The zero-order chi connectivity index (χ0) is 28.4. The molecule has 1 aliphatic carbocycles. The lowest BCUT2D eigenvalue weighted by atomic mass is 9.76. The van der Waals surface area contributed by atoms with Crippen LogP contribution in [0.25, 0.3) is 0 Å². The molecule has 0 N–H and O–H groups in total. The van der Waals surface area contributed by atoms with Crippen LogP contribution in [0.3, 0.4) is 0 Å². The van der Waals surface area contributed by atoms with E-state index in [4.69, 9.17) is 4.43 Å². The van der Waals surface area contributed by atoms with E-state index in [9.17, 15) is 8.42 Å². The maximum Gasteiger partial charge on any atom is 0.244 e. The van der Waals surface area contributed by atoms with Crippen LogP contribution in [0.4, 0.5) is 0 Å². The van der Waals surface area contributed by atoms with Gasteiger partial charge in [-0.05, 0) is 79.7 Å². The molecule has 0 saturated carbocycles. The van der Waals surface area contributed by atoms with Crippen LogP contribution in [0.15, 0.2) is 69.5 Å². The SMILES string of the molecule is Cc1ccc(S(=O)(=O)N(CC#Cc2ccc(Br)cc2)CC2=CC(O[Si](C)(C)C(C)(C)C)CC(C)(C)C2)cc1. The normalized spacial score (nSPS) is 18.1. The van der Waals surface area contributed by atoms with Crippen LogP contribution in [0, 0.1) is 24.2 Å². The van der Waals surface area contributed by atoms with Crippen LogP contribution in [0.1, 0.15) is 58.6 Å². The van der Waals surface area contributed by atoms with Crippen LogP contribution < -0.4 is 0 Å². The Morgan fingerprint density at radius 3 is 2.26 bits per heavy atom. The average molecular weight is 617 g/mol. The summed E-state index contributed by atoms with van der Waals surface area (Å²) in [7, 11) is -5.72. The van der Waals surface area contributed by atoms with E-state index >= 15 is 0 Å². The van der Waals surface area contributed by atoms with Gasteiger partial charge in [-0.15, -0.1) is 0 Å². The molecule has 0 saturated heterocycles. The summed E-state index contributed by atoms with van der Waals surface area (Å²) in [6.07, 6.45) is 3.92. The molecule has 206 valence electrons. The number of sulfonamides is 1. The fraction of sp³-hybridized carbons (Fsp3) is 0.484. The molecule has 0 amide bonds. The van der Waals surface area contributed by atoms with Crippen LogP contribution in [-0.2, 0) is 14.4 Å². The summed E-state index contributed by atoms with van der Waals surface area (Å²) in [6.45, 7) is 18.1. The van der Waals surface area contributed by atoms with Crippen molar-refractivity contribution in [3.05, 3.63) is 75.8 Å². The Morgan fingerprint density at radius 1 is 1.08 bits per heavy atom. The summed E-state index contributed by atoms with van der Waals surface area (Å²) in [5.41, 5.74) is 2.97. The van der Waals surface area contributed by atoms with Crippen molar-refractivity contribution in [3.63, 3.8) is 0 Å². The van der Waals surface area contributed by atoms with Gasteiger partial charge in [0, 0.05) is 16.6 Å². The average Bonchev–Trinajstić information content (AvgIpc) is 2.78. The number of benzene rings is 2. The van der Waals surface area contributed by atoms with E-state index in [1.165, 1.54) is 4.31 Å². The molecule has 2 aromatic rings. The molecule has 1 atom stereocenters. The van der Waals surface area contributed by atoms with Crippen molar-refractivity contribution in [2.24, 2.45) is 5.41 Å². The Bertz CT molecular complexity index is 1310. The third kappa shape index (κ3) is 8.16. The molecule has 0 radical (unpaired) electrons. The number of hydrogen-bond acceptors (Lipinski definition) is 3. The fourth-order valence-electron chi connectivity index (χ4n) is 4.43. The predicted octanol–water partition coefficient (Wildman–Crippen LogP) is 7.94. The highest BCUT2D eigenvalue weighted by molar-refractivity contribution is 9.10. The van der Waals surface area contributed by atoms with Gasteiger partial charge in [-0.3, -0.25) is 0 Å². The first kappa shape index (κ1) is 30.8. The molecule has 0 aliphatic heterocycles. The molecule has 7 heteroatoms. The van der Waals surface area contributed by atoms with E-state index in [1.807, 2.05) is 43.3 Å². The van der Waals surface area contributed by atoms with Gasteiger partial charge in [0.25, 0.3) is 0 Å². The number of nitrogens with zero attached hydrogens (tertiary/aromatic N) is 1. The molecule has 4 nitrogen and oxygen atoms in total. The third-order valence-corrected chi connectivity index (χ3v) is 14.3. The van der Waals surface area contributed by atoms with E-state index < -0.39 is 18.3 Å². The monoisotopic (exact) mass is 615 g/mol. The van der Waals surface area contributed by atoms with Gasteiger partial charge in [0.15, 0.2) is 8.32 Å². The van der Waals surface area contributed by atoms with Gasteiger partial charge in [0.2, 0.25) is 10.0 Å². The van der Waals surface area contributed by atoms with Crippen LogP contribution in [0.5, 0.6) is 0 Å². The summed E-state index contributed by atoms with van der Waals surface area (Å²) >= 11 is 3.44. The van der Waals surface area contributed by atoms with Crippen LogP contribution in [-0.4, -0.2) is 40.2 Å². The second-order valence-corrected chi connectivity index (χ2v) is 20.3. The lowest BCUT2D eigenvalue weighted by molar-refractivity contribution is 0.142. The van der Waals surface area contributed by atoms with Crippen LogP contribution in [0.2, 0.25) is 18.1 Å². The van der Waals surface area contributed by atoms with E-state index in [0.29, 0.717) is 11.4 Å². The predicted molar refractivity (Wildman–Crippen MR) is 164 cm³/mol. The fourth-order valence-corrected chi connectivity index (χ4v) is 7.30. The van der Waals surface area contributed by atoms with Crippen molar-refractivity contribution in [2.75, 3.05) is 13.1 Å². The molecule has 38 heavy (non-hydrogen) atoms. The number of halogens is 1. The van der Waals surface area contributed by atoms with Crippen molar-refractivity contribution in [2.45, 2.75) is 83.5 Å². The van der Waals surface area contributed by atoms with Gasteiger partial charge < -0.3 is 4.43 Å². The van der Waals surface area contributed by atoms with Gasteiger partial charge >= 0.3 is 0 Å². The quantitative estimate of drug-likeness (QED) is 0.180. The minimum absolute atomic E-state index is 0.0134. The Hall–Kier alpha value is -1.69. The minimum atomic E-state index is -3.74. The smallest absolute Gasteiger partial charge is 0.244 e. The highest BCUT2D eigenvalue weighted by atomic mass is 79.9. The first-order valence-electron chi connectivity index (χ1n) is 13.2. The lowest BCUT2D eigenvalue weighted by Crippen LogP contribution is -2.45. The zero-order valence-electron chi connectivity index (χ0n) is 24.1. The molecular weight excluding hydrogens is 574 g/mol. The highest BCUT2D eigenvalue weighted by Crippen LogP contribution is 2.42. The summed E-state index contributed by atoms with van der Waals surface area (Å²) in [4.78, 5) is 0.290. The van der Waals surface area contributed by atoms with Gasteiger partial charge in [0.05, 0.1) is 17.5 Å². The molecule has 0 aromatic heterocycles. The number of hydrogen-bond donors (Lipinski definition) is 0. The van der Waals surface area contributed by atoms with Crippen LogP contribution >= 0.6 is 15.9 Å². The molecule has 3 rings (SSSR count). The maximum absolute atomic E-state index is 13.8. The largest absolute Gasteiger partial charge is 0.411 e. The number of aryl methyl sites for hydroxylation is 1. The molecule has 0 spiro atoms. The summed E-state index contributed by atoms with van der Waals surface area (Å²) in [6, 6.07) is 14.8. The Morgan fingerprint density at radius 2 is 1.68 bits per heavy atom. The molecule has 1 unspecified atom stereocenters. The molecular formula is C31H42BrNO3SSi. The topological polar surface area (TPSA) is 46.6 Å².